The molecule has 1 amide bonds. The Hall–Kier alpha value is -2.55. The van der Waals surface area contributed by atoms with Gasteiger partial charge in [-0.3, -0.25) is 18.6 Å². The van der Waals surface area contributed by atoms with E-state index in [0.29, 0.717) is 6.42 Å². The van der Waals surface area contributed by atoms with E-state index in [9.17, 15) is 24.2 Å². The molecule has 0 fully saturated rings. The predicted molar refractivity (Wildman–Crippen MR) is 266 cm³/mol. The third-order valence-electron chi connectivity index (χ3n) is 10.6. The highest BCUT2D eigenvalue weighted by Gasteiger charge is 2.23. The van der Waals surface area contributed by atoms with E-state index in [-0.39, 0.29) is 32.1 Å². The van der Waals surface area contributed by atoms with E-state index in [1.807, 2.05) is 0 Å². The lowest BCUT2D eigenvalue weighted by atomic mass is 10.1. The lowest BCUT2D eigenvalue weighted by Gasteiger charge is -2.15. The number of carbonyl (C=O) groups is 2. The number of hydrogen-bond donors (Lipinski definition) is 3. The number of hydrogen-bond acceptors (Lipinski definition) is 7. The van der Waals surface area contributed by atoms with Gasteiger partial charge in [0.05, 0.1) is 13.2 Å². The Labute approximate surface area is 386 Å². The highest BCUT2D eigenvalue weighted by atomic mass is 31.2. The van der Waals surface area contributed by atoms with Crippen molar-refractivity contribution in [2.45, 2.75) is 225 Å². The predicted octanol–water partition coefficient (Wildman–Crippen LogP) is 15.0. The highest BCUT2D eigenvalue weighted by Crippen LogP contribution is 2.42. The van der Waals surface area contributed by atoms with Crippen molar-refractivity contribution in [3.05, 3.63) is 72.9 Å². The number of rotatable bonds is 47. The smallest absolute Gasteiger partial charge is 0.463 e. The van der Waals surface area contributed by atoms with Crippen molar-refractivity contribution in [2.24, 2.45) is 0 Å². The van der Waals surface area contributed by atoms with Gasteiger partial charge in [0.25, 0.3) is 0 Å². The van der Waals surface area contributed by atoms with Crippen molar-refractivity contribution in [1.29, 1.82) is 0 Å². The number of amides is 1. The third-order valence-corrected chi connectivity index (χ3v) is 11.6. The van der Waals surface area contributed by atoms with Crippen LogP contribution >= 0.6 is 7.82 Å². The number of ether oxygens (including phenoxy) is 1. The molecule has 0 bridgehead atoms. The first-order chi connectivity index (χ1) is 30.8. The zero-order valence-electron chi connectivity index (χ0n) is 40.3. The lowest BCUT2D eigenvalue weighted by Crippen LogP contribution is -2.27. The van der Waals surface area contributed by atoms with Crippen LogP contribution in [0.5, 0.6) is 0 Å². The van der Waals surface area contributed by atoms with Crippen molar-refractivity contribution in [3.63, 3.8) is 0 Å². The topological polar surface area (TPSA) is 131 Å². The Balaban J connectivity index is 3.60. The molecule has 2 atom stereocenters. The first-order valence-electron chi connectivity index (χ1n) is 25.4. The van der Waals surface area contributed by atoms with Gasteiger partial charge in [0.2, 0.25) is 5.91 Å². The molecule has 9 nitrogen and oxygen atoms in total. The first kappa shape index (κ1) is 60.5. The highest BCUT2D eigenvalue weighted by molar-refractivity contribution is 7.47. The quantitative estimate of drug-likeness (QED) is 0.0238. The van der Waals surface area contributed by atoms with Gasteiger partial charge in [-0.25, -0.2) is 4.57 Å². The van der Waals surface area contributed by atoms with Crippen molar-refractivity contribution in [2.75, 3.05) is 26.4 Å². The second kappa shape index (κ2) is 48.9. The van der Waals surface area contributed by atoms with Crippen LogP contribution in [0.1, 0.15) is 219 Å². The normalized spacial score (nSPS) is 13.8. The number of unbranched alkanes of at least 4 members (excludes halogenated alkanes) is 22. The minimum absolute atomic E-state index is 0.0734. The molecule has 0 aliphatic carbocycles. The molecule has 0 radical (unpaired) electrons. The minimum atomic E-state index is -4.43. The first-order valence-corrected chi connectivity index (χ1v) is 26.9. The summed E-state index contributed by atoms with van der Waals surface area (Å²) in [5.74, 6) is -0.532. The molecule has 0 aliphatic rings. The number of nitrogens with one attached hydrogen (secondary N) is 1. The molecule has 364 valence electrons. The maximum absolute atomic E-state index is 12.2. The van der Waals surface area contributed by atoms with E-state index in [2.05, 4.69) is 92.1 Å². The van der Waals surface area contributed by atoms with E-state index >= 15 is 0 Å². The van der Waals surface area contributed by atoms with Gasteiger partial charge in [0.15, 0.2) is 0 Å². The lowest BCUT2D eigenvalue weighted by molar-refractivity contribution is -0.147. The molecule has 0 aromatic heterocycles. The average Bonchev–Trinajstić information content (AvgIpc) is 3.27. The summed E-state index contributed by atoms with van der Waals surface area (Å²) >= 11 is 0. The second-order valence-electron chi connectivity index (χ2n) is 16.8. The van der Waals surface area contributed by atoms with Gasteiger partial charge in [-0.1, -0.05) is 189 Å². The SMILES string of the molecule is CCCCC/C=C\C/C=C\C/C=C\CCCCCCCCCCC(=O)NCCOP(=O)(O)OCC(O)COC(=O)CCCCCCCCCC/C=C\C/C=C\C/C=C\CCCCC. The Morgan fingerprint density at radius 1 is 0.492 bits per heavy atom. The number of phosphoric acid groups is 1. The van der Waals surface area contributed by atoms with Gasteiger partial charge in [-0.2, -0.15) is 0 Å². The largest absolute Gasteiger partial charge is 0.472 e. The van der Waals surface area contributed by atoms with Gasteiger partial charge >= 0.3 is 13.8 Å². The fraction of sp³-hybridized carbons (Fsp3) is 0.736. The van der Waals surface area contributed by atoms with E-state index in [1.54, 1.807) is 0 Å². The molecule has 10 heteroatoms. The van der Waals surface area contributed by atoms with Gasteiger partial charge < -0.3 is 20.1 Å². The molecule has 0 saturated heterocycles. The maximum atomic E-state index is 12.2. The van der Waals surface area contributed by atoms with Crippen molar-refractivity contribution in [1.82, 2.24) is 5.32 Å². The summed E-state index contributed by atoms with van der Waals surface area (Å²) in [4.78, 5) is 34.1. The average molecular weight is 904 g/mol. The Morgan fingerprint density at radius 3 is 1.29 bits per heavy atom. The molecule has 0 saturated carbocycles. The molecule has 0 aromatic rings. The Bertz CT molecular complexity index is 1260. The fourth-order valence-electron chi connectivity index (χ4n) is 6.75. The zero-order valence-corrected chi connectivity index (χ0v) is 41.1. The van der Waals surface area contributed by atoms with Crippen molar-refractivity contribution < 1.29 is 37.9 Å². The van der Waals surface area contributed by atoms with Crippen LogP contribution in [-0.2, 0) is 27.9 Å². The van der Waals surface area contributed by atoms with Crippen LogP contribution in [0.2, 0.25) is 0 Å². The zero-order chi connectivity index (χ0) is 46.0. The van der Waals surface area contributed by atoms with E-state index < -0.39 is 26.5 Å². The summed E-state index contributed by atoms with van der Waals surface area (Å²) in [6.45, 7) is 3.49. The molecule has 0 aromatic carbocycles. The maximum Gasteiger partial charge on any atom is 0.472 e. The van der Waals surface area contributed by atoms with Crippen LogP contribution < -0.4 is 5.32 Å². The monoisotopic (exact) mass is 904 g/mol. The van der Waals surface area contributed by atoms with Crippen molar-refractivity contribution >= 4 is 19.7 Å². The van der Waals surface area contributed by atoms with Crippen LogP contribution in [0.25, 0.3) is 0 Å². The number of carbonyl (C=O) groups excluding carboxylic acids is 2. The molecule has 0 rings (SSSR count). The minimum Gasteiger partial charge on any atom is -0.463 e. The third kappa shape index (κ3) is 50.3. The molecule has 63 heavy (non-hydrogen) atoms. The van der Waals surface area contributed by atoms with E-state index in [0.717, 1.165) is 83.5 Å². The number of aliphatic hydroxyl groups excluding tert-OH is 1. The molecule has 0 heterocycles. The fourth-order valence-corrected chi connectivity index (χ4v) is 7.50. The van der Waals surface area contributed by atoms with Crippen LogP contribution in [-0.4, -0.2) is 54.3 Å². The number of aliphatic hydroxyl groups is 1. The van der Waals surface area contributed by atoms with Gasteiger partial charge in [0.1, 0.15) is 12.7 Å². The summed E-state index contributed by atoms with van der Waals surface area (Å²) in [7, 11) is -4.43. The molecular formula is C53H94NO8P. The number of allylic oxidation sites excluding steroid dienone is 12. The van der Waals surface area contributed by atoms with Crippen LogP contribution in [0.15, 0.2) is 72.9 Å². The molecule has 0 spiro atoms. The van der Waals surface area contributed by atoms with Crippen molar-refractivity contribution in [3.8, 4) is 0 Å². The summed E-state index contributed by atoms with van der Waals surface area (Å²) in [6, 6.07) is 0. The van der Waals surface area contributed by atoms with Gasteiger partial charge in [-0.05, 0) is 89.9 Å². The Kier molecular flexibility index (Phi) is 46.9. The Morgan fingerprint density at radius 2 is 0.857 bits per heavy atom. The summed E-state index contributed by atoms with van der Waals surface area (Å²) in [5, 5.41) is 12.7. The molecule has 0 aliphatic heterocycles. The van der Waals surface area contributed by atoms with Crippen LogP contribution in [0.4, 0.5) is 0 Å². The standard InChI is InChI=1S/C53H94NO8P/c1-3-5-7-9-11-13-15-17-19-21-23-25-27-29-31-33-35-37-39-41-43-45-52(56)54-47-48-61-63(58,59)62-50-51(55)49-60-53(57)46-44-42-40-38-36-34-32-30-28-26-24-22-20-18-16-14-12-10-8-6-4-2/h11-14,17-20,23-26,51,55H,3-10,15-16,21-22,27-50H2,1-2H3,(H,54,56)(H,58,59)/b13-11-,14-12-,19-17-,20-18-,25-23-,26-24-. The molecule has 3 N–H and O–H groups in total. The number of esters is 1. The van der Waals surface area contributed by atoms with Gasteiger partial charge in [-0.15, -0.1) is 0 Å². The van der Waals surface area contributed by atoms with Crippen LogP contribution in [0, 0.1) is 0 Å². The molecule has 2 unspecified atom stereocenters. The van der Waals surface area contributed by atoms with E-state index in [1.165, 1.54) is 109 Å². The summed E-state index contributed by atoms with van der Waals surface area (Å²) in [6.07, 6.45) is 61.1. The number of phosphoric ester groups is 1. The second-order valence-corrected chi connectivity index (χ2v) is 18.2. The van der Waals surface area contributed by atoms with Gasteiger partial charge in [0, 0.05) is 19.4 Å². The van der Waals surface area contributed by atoms with Crippen LogP contribution in [0.3, 0.4) is 0 Å². The summed E-state index contributed by atoms with van der Waals surface area (Å²) < 4.78 is 27.0. The molecular weight excluding hydrogens is 810 g/mol. The summed E-state index contributed by atoms with van der Waals surface area (Å²) in [5.41, 5.74) is 0. The van der Waals surface area contributed by atoms with E-state index in [4.69, 9.17) is 13.8 Å².